The summed E-state index contributed by atoms with van der Waals surface area (Å²) in [4.78, 5) is 4.28. The van der Waals surface area contributed by atoms with Crippen molar-refractivity contribution in [2.75, 3.05) is 5.73 Å². The first-order valence-corrected chi connectivity index (χ1v) is 6.06. The van der Waals surface area contributed by atoms with Crippen molar-refractivity contribution < 1.29 is 4.52 Å². The van der Waals surface area contributed by atoms with E-state index in [4.69, 9.17) is 21.9 Å². The fraction of sp³-hybridized carbons (Fsp3) is 0. The SMILES string of the molecule is Nc1onc(-c2cccc(Cl)c2)c1-c1ccccn1. The Morgan fingerprint density at radius 2 is 2.00 bits per heavy atom. The van der Waals surface area contributed by atoms with Crippen LogP contribution < -0.4 is 5.73 Å². The van der Waals surface area contributed by atoms with E-state index in [9.17, 15) is 0 Å². The molecule has 2 aromatic heterocycles. The Kier molecular flexibility index (Phi) is 2.93. The normalized spacial score (nSPS) is 10.6. The summed E-state index contributed by atoms with van der Waals surface area (Å²) in [6.45, 7) is 0. The summed E-state index contributed by atoms with van der Waals surface area (Å²) in [5, 5.41) is 4.64. The second-order valence-corrected chi connectivity index (χ2v) is 4.43. The number of nitrogens with two attached hydrogens (primary N) is 1. The summed E-state index contributed by atoms with van der Waals surface area (Å²) in [6.07, 6.45) is 1.70. The molecule has 0 saturated heterocycles. The first kappa shape index (κ1) is 11.7. The highest BCUT2D eigenvalue weighted by Gasteiger charge is 2.18. The standard InChI is InChI=1S/C14H10ClN3O/c15-10-5-3-4-9(8-10)13-12(14(16)19-18-13)11-6-1-2-7-17-11/h1-8H,16H2. The fourth-order valence-corrected chi connectivity index (χ4v) is 2.08. The zero-order chi connectivity index (χ0) is 13.2. The van der Waals surface area contributed by atoms with Crippen molar-refractivity contribution in [1.82, 2.24) is 10.1 Å². The number of nitrogens with zero attached hydrogens (tertiary/aromatic N) is 2. The molecule has 0 bridgehead atoms. The molecule has 3 aromatic rings. The van der Waals surface area contributed by atoms with E-state index < -0.39 is 0 Å². The Hall–Kier alpha value is -2.33. The molecule has 0 amide bonds. The number of pyridine rings is 1. The molecule has 0 fully saturated rings. The molecule has 0 aliphatic heterocycles. The minimum Gasteiger partial charge on any atom is -0.367 e. The van der Waals surface area contributed by atoms with Gasteiger partial charge in [0.25, 0.3) is 0 Å². The number of benzene rings is 1. The van der Waals surface area contributed by atoms with Crippen molar-refractivity contribution in [3.63, 3.8) is 0 Å². The molecule has 2 heterocycles. The van der Waals surface area contributed by atoms with Gasteiger partial charge in [-0.1, -0.05) is 35.0 Å². The summed E-state index contributed by atoms with van der Waals surface area (Å²) in [5.74, 6) is 0.244. The van der Waals surface area contributed by atoms with Gasteiger partial charge < -0.3 is 10.3 Å². The van der Waals surface area contributed by atoms with Crippen molar-refractivity contribution in [3.8, 4) is 22.5 Å². The monoisotopic (exact) mass is 271 g/mol. The summed E-state index contributed by atoms with van der Waals surface area (Å²) < 4.78 is 5.09. The average molecular weight is 272 g/mol. The van der Waals surface area contributed by atoms with Crippen molar-refractivity contribution in [3.05, 3.63) is 53.7 Å². The van der Waals surface area contributed by atoms with E-state index in [2.05, 4.69) is 10.1 Å². The predicted molar refractivity (Wildman–Crippen MR) is 74.6 cm³/mol. The van der Waals surface area contributed by atoms with Crippen LogP contribution in [0.2, 0.25) is 5.02 Å². The maximum Gasteiger partial charge on any atom is 0.232 e. The van der Waals surface area contributed by atoms with Crippen LogP contribution in [0.25, 0.3) is 22.5 Å². The Morgan fingerprint density at radius 3 is 2.74 bits per heavy atom. The van der Waals surface area contributed by atoms with E-state index in [1.165, 1.54) is 0 Å². The second-order valence-electron chi connectivity index (χ2n) is 4.00. The molecular weight excluding hydrogens is 262 g/mol. The van der Waals surface area contributed by atoms with E-state index in [-0.39, 0.29) is 5.88 Å². The number of nitrogen functional groups attached to an aromatic ring is 1. The number of hydrogen-bond donors (Lipinski definition) is 1. The topological polar surface area (TPSA) is 64.9 Å². The number of anilines is 1. The number of aromatic nitrogens is 2. The van der Waals surface area contributed by atoms with Gasteiger partial charge in [-0.2, -0.15) is 0 Å². The summed E-state index contributed by atoms with van der Waals surface area (Å²) >= 11 is 5.99. The van der Waals surface area contributed by atoms with Gasteiger partial charge in [-0.15, -0.1) is 0 Å². The van der Waals surface area contributed by atoms with Crippen LogP contribution in [0, 0.1) is 0 Å². The summed E-state index contributed by atoms with van der Waals surface area (Å²) in [5.41, 5.74) is 8.73. The van der Waals surface area contributed by atoms with Crippen LogP contribution in [0.15, 0.2) is 53.2 Å². The maximum atomic E-state index is 5.99. The minimum absolute atomic E-state index is 0.244. The van der Waals surface area contributed by atoms with Gasteiger partial charge in [-0.05, 0) is 24.3 Å². The highest BCUT2D eigenvalue weighted by molar-refractivity contribution is 6.30. The highest BCUT2D eigenvalue weighted by atomic mass is 35.5. The number of hydrogen-bond acceptors (Lipinski definition) is 4. The van der Waals surface area contributed by atoms with Crippen LogP contribution in [0.5, 0.6) is 0 Å². The molecule has 0 unspecified atom stereocenters. The zero-order valence-electron chi connectivity index (χ0n) is 9.88. The fourth-order valence-electron chi connectivity index (χ4n) is 1.89. The summed E-state index contributed by atoms with van der Waals surface area (Å²) in [7, 11) is 0. The molecule has 0 aliphatic rings. The zero-order valence-corrected chi connectivity index (χ0v) is 10.6. The third-order valence-corrected chi connectivity index (χ3v) is 2.97. The van der Waals surface area contributed by atoms with Crippen molar-refractivity contribution in [2.24, 2.45) is 0 Å². The van der Waals surface area contributed by atoms with E-state index in [1.807, 2.05) is 36.4 Å². The lowest BCUT2D eigenvalue weighted by Gasteiger charge is -2.02. The van der Waals surface area contributed by atoms with Gasteiger partial charge >= 0.3 is 0 Å². The Bertz CT molecular complexity index is 710. The van der Waals surface area contributed by atoms with E-state index in [0.29, 0.717) is 16.3 Å². The average Bonchev–Trinajstić information content (AvgIpc) is 2.82. The molecule has 94 valence electrons. The second kappa shape index (κ2) is 4.74. The molecule has 0 atom stereocenters. The Labute approximate surface area is 114 Å². The first-order chi connectivity index (χ1) is 9.25. The minimum atomic E-state index is 0.244. The molecule has 19 heavy (non-hydrogen) atoms. The lowest BCUT2D eigenvalue weighted by molar-refractivity contribution is 0.439. The highest BCUT2D eigenvalue weighted by Crippen LogP contribution is 2.35. The van der Waals surface area contributed by atoms with Gasteiger partial charge in [-0.25, -0.2) is 0 Å². The molecular formula is C14H10ClN3O. The van der Waals surface area contributed by atoms with Crippen LogP contribution in [0.3, 0.4) is 0 Å². The third kappa shape index (κ3) is 2.18. The predicted octanol–water partition coefficient (Wildman–Crippen LogP) is 3.64. The van der Waals surface area contributed by atoms with Crippen LogP contribution >= 0.6 is 11.6 Å². The summed E-state index contributed by atoms with van der Waals surface area (Å²) in [6, 6.07) is 12.9. The Morgan fingerprint density at radius 1 is 1.11 bits per heavy atom. The van der Waals surface area contributed by atoms with Gasteiger partial charge in [0.05, 0.1) is 11.3 Å². The van der Waals surface area contributed by atoms with Crippen molar-refractivity contribution in [2.45, 2.75) is 0 Å². The van der Waals surface area contributed by atoms with E-state index >= 15 is 0 Å². The molecule has 2 N–H and O–H groups in total. The maximum absolute atomic E-state index is 5.99. The van der Waals surface area contributed by atoms with Crippen LogP contribution in [-0.4, -0.2) is 10.1 Å². The van der Waals surface area contributed by atoms with Gasteiger partial charge in [0.1, 0.15) is 5.69 Å². The molecule has 3 rings (SSSR count). The smallest absolute Gasteiger partial charge is 0.232 e. The van der Waals surface area contributed by atoms with Crippen LogP contribution in [0.4, 0.5) is 5.88 Å². The Balaban J connectivity index is 2.19. The molecule has 1 aromatic carbocycles. The molecule has 4 nitrogen and oxygen atoms in total. The van der Waals surface area contributed by atoms with Gasteiger partial charge in [0.2, 0.25) is 5.88 Å². The number of rotatable bonds is 2. The van der Waals surface area contributed by atoms with Crippen molar-refractivity contribution >= 4 is 17.5 Å². The van der Waals surface area contributed by atoms with Gasteiger partial charge in [0, 0.05) is 16.8 Å². The molecule has 0 spiro atoms. The molecule has 5 heteroatoms. The number of halogens is 1. The third-order valence-electron chi connectivity index (χ3n) is 2.74. The molecule has 0 saturated carbocycles. The lowest BCUT2D eigenvalue weighted by atomic mass is 10.0. The quantitative estimate of drug-likeness (QED) is 0.773. The first-order valence-electron chi connectivity index (χ1n) is 5.68. The van der Waals surface area contributed by atoms with Crippen molar-refractivity contribution in [1.29, 1.82) is 0 Å². The lowest BCUT2D eigenvalue weighted by Crippen LogP contribution is -1.89. The van der Waals surface area contributed by atoms with Crippen LogP contribution in [-0.2, 0) is 0 Å². The van der Waals surface area contributed by atoms with Gasteiger partial charge in [0.15, 0.2) is 0 Å². The van der Waals surface area contributed by atoms with E-state index in [0.717, 1.165) is 11.3 Å². The van der Waals surface area contributed by atoms with Crippen LogP contribution in [0.1, 0.15) is 0 Å². The van der Waals surface area contributed by atoms with E-state index in [1.54, 1.807) is 12.3 Å². The molecule has 0 radical (unpaired) electrons. The largest absolute Gasteiger partial charge is 0.367 e. The van der Waals surface area contributed by atoms with Gasteiger partial charge in [-0.3, -0.25) is 4.98 Å². The molecule has 0 aliphatic carbocycles.